The summed E-state index contributed by atoms with van der Waals surface area (Å²) in [6, 6.07) is 10.3. The molecule has 0 saturated carbocycles. The summed E-state index contributed by atoms with van der Waals surface area (Å²) in [5, 5.41) is 0.115. The van der Waals surface area contributed by atoms with E-state index in [0.717, 1.165) is 22.8 Å². The molecule has 0 spiro atoms. The van der Waals surface area contributed by atoms with Crippen molar-refractivity contribution >= 4 is 34.4 Å². The predicted molar refractivity (Wildman–Crippen MR) is 108 cm³/mol. The molecule has 0 radical (unpaired) electrons. The zero-order valence-electron chi connectivity index (χ0n) is 15.5. The highest BCUT2D eigenvalue weighted by Gasteiger charge is 2.40. The summed E-state index contributed by atoms with van der Waals surface area (Å²) in [6.45, 7) is 1.44. The van der Waals surface area contributed by atoms with Crippen molar-refractivity contribution in [1.29, 1.82) is 0 Å². The summed E-state index contributed by atoms with van der Waals surface area (Å²) in [5.41, 5.74) is -0.588. The van der Waals surface area contributed by atoms with Crippen LogP contribution in [0.2, 0.25) is 10.0 Å². The van der Waals surface area contributed by atoms with E-state index in [2.05, 4.69) is 0 Å². The Morgan fingerprint density at radius 1 is 1.07 bits per heavy atom. The molecule has 0 bridgehead atoms. The van der Waals surface area contributed by atoms with E-state index in [1.807, 2.05) is 0 Å². The zero-order chi connectivity index (χ0) is 22.1. The molecule has 0 aliphatic rings. The summed E-state index contributed by atoms with van der Waals surface area (Å²) in [4.78, 5) is -0.0362. The second-order valence-corrected chi connectivity index (χ2v) is 8.43. The molecule has 1 aromatic heterocycles. The molecule has 1 atom stereocenters. The molecule has 160 valence electrons. The molecule has 0 fully saturated rings. The van der Waals surface area contributed by atoms with E-state index in [1.165, 1.54) is 30.3 Å². The van der Waals surface area contributed by atoms with Gasteiger partial charge in [-0.3, -0.25) is 0 Å². The monoisotopic (exact) mass is 479 g/mol. The van der Waals surface area contributed by atoms with Gasteiger partial charge in [0.15, 0.2) is 9.79 Å². The number of halogens is 6. The molecule has 1 heterocycles. The van der Waals surface area contributed by atoms with Gasteiger partial charge in [0.05, 0.1) is 5.02 Å². The molecule has 3 aromatic rings. The van der Waals surface area contributed by atoms with Gasteiger partial charge in [0.25, 0.3) is 0 Å². The maximum atomic E-state index is 13.8. The summed E-state index contributed by atoms with van der Waals surface area (Å²) in [7, 11) is 0. The predicted octanol–water partition coefficient (Wildman–Crippen LogP) is 6.78. The highest BCUT2D eigenvalue weighted by molar-refractivity contribution is 7.91. The molecule has 0 N–H and O–H groups in total. The second-order valence-electron chi connectivity index (χ2n) is 6.14. The highest BCUT2D eigenvalue weighted by Crippen LogP contribution is 2.41. The van der Waals surface area contributed by atoms with E-state index in [4.69, 9.17) is 27.9 Å². The first-order chi connectivity index (χ1) is 14.1. The number of benzene rings is 2. The Labute approximate surface area is 183 Å². The molecule has 30 heavy (non-hydrogen) atoms. The fourth-order valence-electron chi connectivity index (χ4n) is 2.84. The van der Waals surface area contributed by atoms with Gasteiger partial charge in [-0.1, -0.05) is 35.3 Å². The largest absolute Gasteiger partial charge is 0.606 e. The molecule has 2 aromatic carbocycles. The van der Waals surface area contributed by atoms with E-state index in [9.17, 15) is 22.1 Å². The van der Waals surface area contributed by atoms with Crippen molar-refractivity contribution in [2.24, 2.45) is 0 Å². The highest BCUT2D eigenvalue weighted by atomic mass is 35.5. The summed E-state index contributed by atoms with van der Waals surface area (Å²) in [5.74, 6) is -0.722. The smallest absolute Gasteiger partial charge is 0.431 e. The van der Waals surface area contributed by atoms with Crippen molar-refractivity contribution < 1.29 is 26.9 Å². The third-order valence-corrected chi connectivity index (χ3v) is 6.13. The lowest BCUT2D eigenvalue weighted by Crippen LogP contribution is -2.16. The number of aromatic nitrogens is 1. The van der Waals surface area contributed by atoms with Gasteiger partial charge in [-0.25, -0.2) is 4.39 Å². The Balaban J connectivity index is 2.25. The molecule has 0 aliphatic carbocycles. The molecule has 1 unspecified atom stereocenters. The van der Waals surface area contributed by atoms with Gasteiger partial charge in [-0.2, -0.15) is 13.2 Å². The summed E-state index contributed by atoms with van der Waals surface area (Å²) >= 11 is 9.60. The van der Waals surface area contributed by atoms with Gasteiger partial charge < -0.3 is 13.9 Å². The molecular formula is C20H15Cl2F4NO2S. The third-order valence-electron chi connectivity index (χ3n) is 4.20. The fraction of sp³-hybridized carbons (Fsp3) is 0.200. The number of hydrogen-bond acceptors (Lipinski definition) is 2. The van der Waals surface area contributed by atoms with Crippen molar-refractivity contribution in [3.8, 4) is 11.3 Å². The molecule has 0 aliphatic heterocycles. The van der Waals surface area contributed by atoms with E-state index >= 15 is 0 Å². The Bertz CT molecular complexity index is 1040. The number of ether oxygens (including phenoxy) is 1. The minimum atomic E-state index is -4.72. The molecule has 3 rings (SSSR count). The van der Waals surface area contributed by atoms with Gasteiger partial charge in [-0.15, -0.1) is 0 Å². The topological polar surface area (TPSA) is 37.2 Å². The van der Waals surface area contributed by atoms with Crippen LogP contribution in [0.5, 0.6) is 0 Å². The van der Waals surface area contributed by atoms with Crippen LogP contribution in [-0.2, 0) is 28.8 Å². The Morgan fingerprint density at radius 3 is 2.30 bits per heavy atom. The second kappa shape index (κ2) is 9.20. The van der Waals surface area contributed by atoms with Crippen LogP contribution in [0.1, 0.15) is 12.6 Å². The van der Waals surface area contributed by atoms with Gasteiger partial charge in [0.2, 0.25) is 0 Å². The van der Waals surface area contributed by atoms with E-state index in [1.54, 1.807) is 6.92 Å². The lowest BCUT2D eigenvalue weighted by atomic mass is 10.1. The molecule has 3 nitrogen and oxygen atoms in total. The first-order valence-electron chi connectivity index (χ1n) is 8.64. The van der Waals surface area contributed by atoms with Crippen molar-refractivity contribution in [3.05, 3.63) is 70.1 Å². The normalized spacial score (nSPS) is 12.9. The minimum Gasteiger partial charge on any atom is -0.606 e. The first kappa shape index (κ1) is 23.0. The van der Waals surface area contributed by atoms with Crippen molar-refractivity contribution in [2.45, 2.75) is 29.6 Å². The maximum Gasteiger partial charge on any atom is 0.431 e. The lowest BCUT2D eigenvalue weighted by molar-refractivity contribution is -0.145. The number of rotatable bonds is 6. The SMILES string of the molecule is CCOCn1c(C(F)(F)F)cc([S+]([O-])c2ccc(F)c(Cl)c2)c1-c1ccc(Cl)cc1. The quantitative estimate of drug-likeness (QED) is 0.288. The minimum absolute atomic E-state index is 0.0613. The number of alkyl halides is 3. The Kier molecular flexibility index (Phi) is 7.04. The summed E-state index contributed by atoms with van der Waals surface area (Å²) < 4.78 is 74.2. The number of nitrogens with zero attached hydrogens (tertiary/aromatic N) is 1. The van der Waals surface area contributed by atoms with Crippen LogP contribution in [0.25, 0.3) is 11.3 Å². The fourth-order valence-corrected chi connectivity index (χ4v) is 4.51. The zero-order valence-corrected chi connectivity index (χ0v) is 17.8. The third kappa shape index (κ3) is 4.78. The van der Waals surface area contributed by atoms with Crippen LogP contribution in [-0.4, -0.2) is 15.7 Å². The molecule has 10 heteroatoms. The lowest BCUT2D eigenvalue weighted by Gasteiger charge is -2.16. The van der Waals surface area contributed by atoms with E-state index < -0.39 is 35.6 Å². The van der Waals surface area contributed by atoms with Crippen LogP contribution in [0.3, 0.4) is 0 Å². The van der Waals surface area contributed by atoms with E-state index in [-0.39, 0.29) is 27.1 Å². The first-order valence-corrected chi connectivity index (χ1v) is 10.5. The Hall–Kier alpha value is -1.71. The van der Waals surface area contributed by atoms with Gasteiger partial charge >= 0.3 is 6.18 Å². The maximum absolute atomic E-state index is 13.8. The standard InChI is InChI=1S/C20H15Cl2F4NO2S/c1-2-29-11-27-18(20(24,25)26)10-17(19(27)12-3-5-13(21)6-4-12)30(28)14-7-8-16(23)15(22)9-14/h3-10H,2,11H2,1H3. The van der Waals surface area contributed by atoms with Crippen LogP contribution >= 0.6 is 23.2 Å². The molecule has 0 amide bonds. The van der Waals surface area contributed by atoms with Gasteiger partial charge in [-0.05, 0) is 31.2 Å². The molecular weight excluding hydrogens is 465 g/mol. The van der Waals surface area contributed by atoms with Crippen LogP contribution in [0.15, 0.2) is 58.3 Å². The van der Waals surface area contributed by atoms with Crippen molar-refractivity contribution in [3.63, 3.8) is 0 Å². The summed E-state index contributed by atoms with van der Waals surface area (Å²) in [6.07, 6.45) is -4.72. The van der Waals surface area contributed by atoms with Crippen molar-refractivity contribution in [2.75, 3.05) is 6.61 Å². The molecule has 0 saturated heterocycles. The Morgan fingerprint density at radius 2 is 1.73 bits per heavy atom. The van der Waals surface area contributed by atoms with Crippen LogP contribution < -0.4 is 0 Å². The van der Waals surface area contributed by atoms with E-state index in [0.29, 0.717) is 10.6 Å². The van der Waals surface area contributed by atoms with Gasteiger partial charge in [0, 0.05) is 40.5 Å². The number of hydrogen-bond donors (Lipinski definition) is 0. The van der Waals surface area contributed by atoms with Crippen LogP contribution in [0, 0.1) is 5.82 Å². The average Bonchev–Trinajstić information content (AvgIpc) is 3.08. The van der Waals surface area contributed by atoms with Crippen molar-refractivity contribution in [1.82, 2.24) is 4.57 Å². The van der Waals surface area contributed by atoms with Gasteiger partial charge in [0.1, 0.15) is 23.9 Å². The van der Waals surface area contributed by atoms with Crippen LogP contribution in [0.4, 0.5) is 17.6 Å². The average molecular weight is 480 g/mol.